The number of aryl methyl sites for hydroxylation is 3. The van der Waals surface area contributed by atoms with Crippen LogP contribution in [0, 0.1) is 13.8 Å². The summed E-state index contributed by atoms with van der Waals surface area (Å²) in [7, 11) is -2.11. The second-order valence-electron chi connectivity index (χ2n) is 5.86. The Labute approximate surface area is 139 Å². The van der Waals surface area contributed by atoms with Gasteiger partial charge in [-0.25, -0.2) is 17.8 Å². The van der Waals surface area contributed by atoms with Crippen LogP contribution in [0.3, 0.4) is 0 Å². The summed E-state index contributed by atoms with van der Waals surface area (Å²) < 4.78 is 34.0. The maximum absolute atomic E-state index is 12.5. The quantitative estimate of drug-likeness (QED) is 0.820. The van der Waals surface area contributed by atoms with Gasteiger partial charge in [-0.05, 0) is 26.3 Å². The fraction of sp³-hybridized carbons (Fsp3) is 0.500. The minimum atomic E-state index is -3.69. The van der Waals surface area contributed by atoms with E-state index in [1.54, 1.807) is 27.0 Å². The zero-order valence-corrected chi connectivity index (χ0v) is 14.5. The molecule has 1 aliphatic rings. The van der Waals surface area contributed by atoms with Gasteiger partial charge in [-0.2, -0.15) is 5.10 Å². The summed E-state index contributed by atoms with van der Waals surface area (Å²) in [4.78, 5) is 13.5. The maximum Gasteiger partial charge on any atom is 0.266 e. The molecular weight excluding hydrogens is 334 g/mol. The number of rotatable bonds is 4. The lowest BCUT2D eigenvalue weighted by molar-refractivity contribution is 0.390. The van der Waals surface area contributed by atoms with Gasteiger partial charge in [0.1, 0.15) is 16.4 Å². The standard InChI is InChI=1S/C14H19N5O4S/c1-9-14(10(2)23-16-9)24(21,22)17-11-6-7-19(8-11)12-4-5-13(20)18(3)15-12/h4-5,11,17H,6-8H2,1-3H3. The van der Waals surface area contributed by atoms with Crippen molar-refractivity contribution >= 4 is 15.8 Å². The van der Waals surface area contributed by atoms with E-state index in [9.17, 15) is 13.2 Å². The first kappa shape index (κ1) is 16.7. The Balaban J connectivity index is 1.74. The van der Waals surface area contributed by atoms with E-state index in [2.05, 4.69) is 15.0 Å². The van der Waals surface area contributed by atoms with E-state index >= 15 is 0 Å². The number of nitrogens with one attached hydrogen (secondary N) is 1. The molecule has 24 heavy (non-hydrogen) atoms. The van der Waals surface area contributed by atoms with Crippen molar-refractivity contribution in [2.24, 2.45) is 7.05 Å². The van der Waals surface area contributed by atoms with Crippen LogP contribution in [-0.2, 0) is 17.1 Å². The molecule has 3 heterocycles. The predicted octanol–water partition coefficient (Wildman–Crippen LogP) is -0.0577. The number of anilines is 1. The van der Waals surface area contributed by atoms with Gasteiger partial charge in [0.2, 0.25) is 10.0 Å². The monoisotopic (exact) mass is 353 g/mol. The first-order valence-corrected chi connectivity index (χ1v) is 9.01. The summed E-state index contributed by atoms with van der Waals surface area (Å²) in [6.45, 7) is 4.30. The molecule has 2 aromatic heterocycles. The van der Waals surface area contributed by atoms with E-state index in [1.165, 1.54) is 10.7 Å². The smallest absolute Gasteiger partial charge is 0.266 e. The Kier molecular flexibility index (Phi) is 4.18. The fourth-order valence-electron chi connectivity index (χ4n) is 2.86. The molecule has 1 unspecified atom stereocenters. The summed E-state index contributed by atoms with van der Waals surface area (Å²) in [6.07, 6.45) is 0.646. The number of nitrogens with zero attached hydrogens (tertiary/aromatic N) is 4. The molecule has 0 saturated carbocycles. The van der Waals surface area contributed by atoms with Crippen LogP contribution >= 0.6 is 0 Å². The third-order valence-corrected chi connectivity index (χ3v) is 5.78. The molecular formula is C14H19N5O4S. The summed E-state index contributed by atoms with van der Waals surface area (Å²) >= 11 is 0. The molecule has 0 amide bonds. The lowest BCUT2D eigenvalue weighted by Gasteiger charge is -2.18. The minimum Gasteiger partial charge on any atom is -0.360 e. The van der Waals surface area contributed by atoms with Crippen molar-refractivity contribution in [3.05, 3.63) is 33.9 Å². The molecule has 10 heteroatoms. The second-order valence-corrected chi connectivity index (χ2v) is 7.51. The number of aromatic nitrogens is 3. The zero-order chi connectivity index (χ0) is 17.5. The molecule has 1 N–H and O–H groups in total. The van der Waals surface area contributed by atoms with Crippen molar-refractivity contribution in [2.75, 3.05) is 18.0 Å². The molecule has 0 radical (unpaired) electrons. The first-order chi connectivity index (χ1) is 11.3. The lowest BCUT2D eigenvalue weighted by atomic mass is 10.3. The van der Waals surface area contributed by atoms with Gasteiger partial charge in [0.25, 0.3) is 5.56 Å². The van der Waals surface area contributed by atoms with Crippen LogP contribution in [0.2, 0.25) is 0 Å². The summed E-state index contributed by atoms with van der Waals surface area (Å²) in [5.74, 6) is 0.922. The van der Waals surface area contributed by atoms with Crippen molar-refractivity contribution in [3.8, 4) is 0 Å². The van der Waals surface area contributed by atoms with Crippen molar-refractivity contribution in [3.63, 3.8) is 0 Å². The molecule has 1 saturated heterocycles. The Bertz CT molecular complexity index is 898. The molecule has 3 rings (SSSR count). The Hall–Kier alpha value is -2.20. The van der Waals surface area contributed by atoms with Crippen molar-refractivity contribution in [2.45, 2.75) is 31.2 Å². The van der Waals surface area contributed by atoms with Gasteiger partial charge in [-0.3, -0.25) is 4.79 Å². The molecule has 0 aliphatic carbocycles. The van der Waals surface area contributed by atoms with Gasteiger partial charge in [0, 0.05) is 32.2 Å². The van der Waals surface area contributed by atoms with E-state index in [-0.39, 0.29) is 22.3 Å². The first-order valence-electron chi connectivity index (χ1n) is 7.52. The van der Waals surface area contributed by atoms with Crippen LogP contribution in [0.1, 0.15) is 17.9 Å². The fourth-order valence-corrected chi connectivity index (χ4v) is 4.45. The van der Waals surface area contributed by atoms with Gasteiger partial charge < -0.3 is 9.42 Å². The Morgan fingerprint density at radius 2 is 2.08 bits per heavy atom. The van der Waals surface area contributed by atoms with Gasteiger partial charge in [-0.15, -0.1) is 0 Å². The molecule has 1 atom stereocenters. The predicted molar refractivity (Wildman–Crippen MR) is 86.4 cm³/mol. The van der Waals surface area contributed by atoms with Crippen molar-refractivity contribution < 1.29 is 12.9 Å². The topological polar surface area (TPSA) is 110 Å². The molecule has 1 aliphatic heterocycles. The highest BCUT2D eigenvalue weighted by Crippen LogP contribution is 2.22. The molecule has 2 aromatic rings. The highest BCUT2D eigenvalue weighted by molar-refractivity contribution is 7.89. The van der Waals surface area contributed by atoms with Crippen molar-refractivity contribution in [1.29, 1.82) is 0 Å². The van der Waals surface area contributed by atoms with E-state index in [0.29, 0.717) is 31.0 Å². The molecule has 1 fully saturated rings. The van der Waals surface area contributed by atoms with E-state index < -0.39 is 10.0 Å². The SMILES string of the molecule is Cc1noc(C)c1S(=O)(=O)NC1CCN(c2ccc(=O)n(C)n2)C1. The van der Waals surface area contributed by atoms with E-state index in [0.717, 1.165) is 0 Å². The van der Waals surface area contributed by atoms with Gasteiger partial charge >= 0.3 is 0 Å². The molecule has 9 nitrogen and oxygen atoms in total. The number of hydrogen-bond acceptors (Lipinski definition) is 7. The molecule has 130 valence electrons. The number of hydrogen-bond donors (Lipinski definition) is 1. The zero-order valence-electron chi connectivity index (χ0n) is 13.7. The highest BCUT2D eigenvalue weighted by atomic mass is 32.2. The van der Waals surface area contributed by atoms with Crippen LogP contribution in [-0.4, -0.2) is 42.5 Å². The lowest BCUT2D eigenvalue weighted by Crippen LogP contribution is -2.37. The van der Waals surface area contributed by atoms with Crippen LogP contribution in [0.4, 0.5) is 5.82 Å². The molecule has 0 bridgehead atoms. The average molecular weight is 353 g/mol. The normalized spacial score (nSPS) is 18.3. The molecule has 0 spiro atoms. The van der Waals surface area contributed by atoms with Crippen LogP contribution in [0.5, 0.6) is 0 Å². The van der Waals surface area contributed by atoms with E-state index in [1.807, 2.05) is 4.90 Å². The van der Waals surface area contributed by atoms with E-state index in [4.69, 9.17) is 4.52 Å². The summed E-state index contributed by atoms with van der Waals surface area (Å²) in [5.41, 5.74) is 0.156. The third-order valence-electron chi connectivity index (χ3n) is 4.02. The summed E-state index contributed by atoms with van der Waals surface area (Å²) in [6, 6.07) is 2.85. The Morgan fingerprint density at radius 3 is 2.71 bits per heavy atom. The second kappa shape index (κ2) is 6.02. The maximum atomic E-state index is 12.5. The number of sulfonamides is 1. The van der Waals surface area contributed by atoms with Gasteiger partial charge in [0.05, 0.1) is 0 Å². The molecule has 0 aromatic carbocycles. The van der Waals surface area contributed by atoms with Crippen LogP contribution < -0.4 is 15.2 Å². The minimum absolute atomic E-state index is 0.0983. The van der Waals surface area contributed by atoms with Crippen LogP contribution in [0.15, 0.2) is 26.3 Å². The van der Waals surface area contributed by atoms with Crippen LogP contribution in [0.25, 0.3) is 0 Å². The third kappa shape index (κ3) is 3.06. The van der Waals surface area contributed by atoms with Crippen molar-refractivity contribution in [1.82, 2.24) is 19.7 Å². The Morgan fingerprint density at radius 1 is 1.33 bits per heavy atom. The van der Waals surface area contributed by atoms with Gasteiger partial charge in [0.15, 0.2) is 5.76 Å². The summed E-state index contributed by atoms with van der Waals surface area (Å²) in [5, 5.41) is 7.88. The largest absolute Gasteiger partial charge is 0.360 e. The average Bonchev–Trinajstić information content (AvgIpc) is 3.08. The highest BCUT2D eigenvalue weighted by Gasteiger charge is 2.31. The van der Waals surface area contributed by atoms with Gasteiger partial charge in [-0.1, -0.05) is 5.16 Å².